The molecule has 1 N–H and O–H groups in total. The second-order valence-corrected chi connectivity index (χ2v) is 7.70. The predicted molar refractivity (Wildman–Crippen MR) is 120 cm³/mol. The van der Waals surface area contributed by atoms with Crippen LogP contribution >= 0.6 is 23.2 Å². The van der Waals surface area contributed by atoms with Crippen LogP contribution in [-0.4, -0.2) is 11.9 Å². The van der Waals surface area contributed by atoms with Crippen LogP contribution in [0.4, 0.5) is 0 Å². The lowest BCUT2D eigenvalue weighted by atomic mass is 9.96. The molecule has 2 nitrogen and oxygen atoms in total. The lowest BCUT2D eigenvalue weighted by molar-refractivity contribution is 0.0943. The molecule has 0 saturated carbocycles. The fourth-order valence-corrected chi connectivity index (χ4v) is 3.20. The van der Waals surface area contributed by atoms with E-state index < -0.39 is 0 Å². The van der Waals surface area contributed by atoms with Crippen LogP contribution in [0.3, 0.4) is 0 Å². The molecule has 142 valence electrons. The third-order valence-corrected chi connectivity index (χ3v) is 4.67. The molecule has 0 spiro atoms. The minimum atomic E-state index is -0.0991. The van der Waals surface area contributed by atoms with Crippen molar-refractivity contribution in [2.75, 3.05) is 0 Å². The Labute approximate surface area is 175 Å². The summed E-state index contributed by atoms with van der Waals surface area (Å²) in [6.07, 6.45) is 3.96. The first kappa shape index (κ1) is 20.2. The first-order valence-corrected chi connectivity index (χ1v) is 9.82. The molecule has 0 radical (unpaired) electrons. The van der Waals surface area contributed by atoms with Gasteiger partial charge in [-0.1, -0.05) is 71.8 Å². The SMILES string of the molecule is CC(C)NC(=O)c1cc(/C=C/c2cccc(Cl)c2)ccc1-c1ccc(Cl)cc1. The Morgan fingerprint density at radius 1 is 0.857 bits per heavy atom. The molecule has 0 aliphatic heterocycles. The van der Waals surface area contributed by atoms with Gasteiger partial charge in [0.1, 0.15) is 0 Å². The van der Waals surface area contributed by atoms with Crippen molar-refractivity contribution < 1.29 is 4.79 Å². The zero-order chi connectivity index (χ0) is 20.1. The molecule has 3 rings (SSSR count). The average molecular weight is 410 g/mol. The van der Waals surface area contributed by atoms with E-state index in [2.05, 4.69) is 5.32 Å². The van der Waals surface area contributed by atoms with E-state index in [1.165, 1.54) is 0 Å². The molecule has 0 fully saturated rings. The van der Waals surface area contributed by atoms with Crippen molar-refractivity contribution in [3.63, 3.8) is 0 Å². The van der Waals surface area contributed by atoms with E-state index >= 15 is 0 Å². The van der Waals surface area contributed by atoms with Crippen molar-refractivity contribution in [1.82, 2.24) is 5.32 Å². The van der Waals surface area contributed by atoms with Gasteiger partial charge in [-0.2, -0.15) is 0 Å². The van der Waals surface area contributed by atoms with Gasteiger partial charge < -0.3 is 5.32 Å². The highest BCUT2D eigenvalue weighted by molar-refractivity contribution is 6.31. The number of benzene rings is 3. The van der Waals surface area contributed by atoms with Crippen LogP contribution in [0.15, 0.2) is 66.7 Å². The van der Waals surface area contributed by atoms with Gasteiger partial charge in [0, 0.05) is 21.7 Å². The van der Waals surface area contributed by atoms with Gasteiger partial charge in [0.15, 0.2) is 0 Å². The van der Waals surface area contributed by atoms with Crippen molar-refractivity contribution in [2.24, 2.45) is 0 Å². The maximum Gasteiger partial charge on any atom is 0.252 e. The molecule has 0 heterocycles. The number of carbonyl (C=O) groups is 1. The van der Waals surface area contributed by atoms with Crippen molar-refractivity contribution in [3.8, 4) is 11.1 Å². The lowest BCUT2D eigenvalue weighted by Gasteiger charge is -2.14. The Morgan fingerprint density at radius 2 is 1.54 bits per heavy atom. The largest absolute Gasteiger partial charge is 0.350 e. The minimum absolute atomic E-state index is 0.0521. The van der Waals surface area contributed by atoms with Crippen molar-refractivity contribution >= 4 is 41.3 Å². The summed E-state index contributed by atoms with van der Waals surface area (Å²) < 4.78 is 0. The fourth-order valence-electron chi connectivity index (χ4n) is 2.88. The van der Waals surface area contributed by atoms with Gasteiger partial charge in [0.2, 0.25) is 0 Å². The molecule has 28 heavy (non-hydrogen) atoms. The van der Waals surface area contributed by atoms with E-state index in [-0.39, 0.29) is 11.9 Å². The predicted octanol–water partition coefficient (Wildman–Crippen LogP) is 6.97. The summed E-state index contributed by atoms with van der Waals surface area (Å²) in [7, 11) is 0. The third kappa shape index (κ3) is 5.25. The van der Waals surface area contributed by atoms with Crippen LogP contribution in [0.25, 0.3) is 23.3 Å². The van der Waals surface area contributed by atoms with Gasteiger partial charge in [0.05, 0.1) is 0 Å². The summed E-state index contributed by atoms with van der Waals surface area (Å²) in [5.41, 5.74) is 4.39. The van der Waals surface area contributed by atoms with Crippen LogP contribution in [0.2, 0.25) is 10.0 Å². The zero-order valence-electron chi connectivity index (χ0n) is 15.7. The first-order valence-electron chi connectivity index (χ1n) is 9.07. The smallest absolute Gasteiger partial charge is 0.252 e. The Kier molecular flexibility index (Phi) is 6.56. The van der Waals surface area contributed by atoms with Crippen LogP contribution in [-0.2, 0) is 0 Å². The monoisotopic (exact) mass is 409 g/mol. The van der Waals surface area contributed by atoms with E-state index in [4.69, 9.17) is 23.2 Å². The maximum atomic E-state index is 12.8. The zero-order valence-corrected chi connectivity index (χ0v) is 17.3. The summed E-state index contributed by atoms with van der Waals surface area (Å²) in [4.78, 5) is 12.8. The Hall–Kier alpha value is -2.55. The lowest BCUT2D eigenvalue weighted by Crippen LogP contribution is -2.30. The fraction of sp³-hybridized carbons (Fsp3) is 0.125. The van der Waals surface area contributed by atoms with E-state index in [0.717, 1.165) is 22.3 Å². The molecule has 0 unspecified atom stereocenters. The van der Waals surface area contributed by atoms with Crippen LogP contribution < -0.4 is 5.32 Å². The Bertz CT molecular complexity index is 1010. The average Bonchev–Trinajstić information content (AvgIpc) is 2.66. The molecule has 3 aromatic rings. The third-order valence-electron chi connectivity index (χ3n) is 4.18. The maximum absolute atomic E-state index is 12.8. The minimum Gasteiger partial charge on any atom is -0.350 e. The molecule has 3 aromatic carbocycles. The number of halogens is 2. The summed E-state index contributed by atoms with van der Waals surface area (Å²) in [5, 5.41) is 4.34. The number of amides is 1. The molecule has 0 bridgehead atoms. The molecule has 0 aliphatic rings. The van der Waals surface area contributed by atoms with Crippen molar-refractivity contribution in [1.29, 1.82) is 0 Å². The van der Waals surface area contributed by atoms with Crippen LogP contribution in [0.5, 0.6) is 0 Å². The van der Waals surface area contributed by atoms with E-state index in [9.17, 15) is 4.79 Å². The van der Waals surface area contributed by atoms with Gasteiger partial charge >= 0.3 is 0 Å². The number of carbonyl (C=O) groups excluding carboxylic acids is 1. The Balaban J connectivity index is 1.99. The summed E-state index contributed by atoms with van der Waals surface area (Å²) >= 11 is 12.1. The number of hydrogen-bond donors (Lipinski definition) is 1. The molecule has 0 aromatic heterocycles. The summed E-state index contributed by atoms with van der Waals surface area (Å²) in [5.74, 6) is -0.0991. The van der Waals surface area contributed by atoms with E-state index in [1.807, 2.05) is 92.7 Å². The molecular formula is C24H21Cl2NO. The second kappa shape index (κ2) is 9.09. The molecule has 0 saturated heterocycles. The summed E-state index contributed by atoms with van der Waals surface area (Å²) in [6.45, 7) is 3.89. The quantitative estimate of drug-likeness (QED) is 0.452. The van der Waals surface area contributed by atoms with Gasteiger partial charge in [-0.05, 0) is 66.4 Å². The van der Waals surface area contributed by atoms with E-state index in [1.54, 1.807) is 0 Å². The topological polar surface area (TPSA) is 29.1 Å². The van der Waals surface area contributed by atoms with Gasteiger partial charge in [-0.3, -0.25) is 4.79 Å². The molecule has 4 heteroatoms. The second-order valence-electron chi connectivity index (χ2n) is 6.83. The molecular weight excluding hydrogens is 389 g/mol. The highest BCUT2D eigenvalue weighted by atomic mass is 35.5. The summed E-state index contributed by atoms with van der Waals surface area (Å²) in [6, 6.07) is 21.1. The van der Waals surface area contributed by atoms with Gasteiger partial charge in [-0.25, -0.2) is 0 Å². The van der Waals surface area contributed by atoms with Crippen LogP contribution in [0.1, 0.15) is 35.3 Å². The van der Waals surface area contributed by atoms with Gasteiger partial charge in [0.25, 0.3) is 5.91 Å². The molecule has 0 aliphatic carbocycles. The number of rotatable bonds is 5. The Morgan fingerprint density at radius 3 is 2.18 bits per heavy atom. The molecule has 1 amide bonds. The highest BCUT2D eigenvalue weighted by Crippen LogP contribution is 2.27. The normalized spacial score (nSPS) is 11.2. The standard InChI is InChI=1S/C24H21Cl2NO/c1-16(2)27-24(28)23-15-18(7-6-17-4-3-5-21(26)14-17)8-13-22(23)19-9-11-20(25)12-10-19/h3-16H,1-2H3,(H,27,28)/b7-6+. The van der Waals surface area contributed by atoms with Crippen molar-refractivity contribution in [2.45, 2.75) is 19.9 Å². The van der Waals surface area contributed by atoms with E-state index in [0.29, 0.717) is 15.6 Å². The number of nitrogens with one attached hydrogen (secondary N) is 1. The number of hydrogen-bond acceptors (Lipinski definition) is 1. The van der Waals surface area contributed by atoms with Crippen molar-refractivity contribution in [3.05, 3.63) is 93.5 Å². The molecule has 0 atom stereocenters. The highest BCUT2D eigenvalue weighted by Gasteiger charge is 2.14. The van der Waals surface area contributed by atoms with Crippen LogP contribution in [0, 0.1) is 0 Å². The van der Waals surface area contributed by atoms with Gasteiger partial charge in [-0.15, -0.1) is 0 Å². The first-order chi connectivity index (χ1) is 13.4.